The standard InChI is InChI=1S/C8H10N4/c1-5-3-8-7(11-6(5)2)4-10-12(8)9/h3-4H,9H2,1-2H3. The first kappa shape index (κ1) is 7.09. The summed E-state index contributed by atoms with van der Waals surface area (Å²) in [5.74, 6) is 5.56. The van der Waals surface area contributed by atoms with Crippen LogP contribution in [0.25, 0.3) is 11.0 Å². The second kappa shape index (κ2) is 2.20. The van der Waals surface area contributed by atoms with E-state index in [9.17, 15) is 0 Å². The van der Waals surface area contributed by atoms with Crippen molar-refractivity contribution in [3.05, 3.63) is 23.5 Å². The Labute approximate surface area is 70.0 Å². The predicted octanol–water partition coefficient (Wildman–Crippen LogP) is 0.762. The van der Waals surface area contributed by atoms with Crippen molar-refractivity contribution in [2.75, 3.05) is 5.84 Å². The summed E-state index contributed by atoms with van der Waals surface area (Å²) in [6.07, 6.45) is 1.67. The van der Waals surface area contributed by atoms with Gasteiger partial charge in [-0.05, 0) is 25.5 Å². The van der Waals surface area contributed by atoms with E-state index in [1.807, 2.05) is 19.9 Å². The third kappa shape index (κ3) is 0.845. The minimum absolute atomic E-state index is 0.848. The lowest BCUT2D eigenvalue weighted by atomic mass is 10.2. The van der Waals surface area contributed by atoms with Crippen LogP contribution in [0.4, 0.5) is 0 Å². The van der Waals surface area contributed by atoms with E-state index in [-0.39, 0.29) is 0 Å². The SMILES string of the molecule is Cc1cc2c(cnn2N)nc1C. The molecule has 0 bridgehead atoms. The molecule has 0 amide bonds. The fourth-order valence-corrected chi connectivity index (χ4v) is 1.17. The summed E-state index contributed by atoms with van der Waals surface area (Å²) < 4.78 is 0. The quantitative estimate of drug-likeness (QED) is 0.582. The Hall–Kier alpha value is -1.58. The fraction of sp³-hybridized carbons (Fsp3) is 0.250. The molecule has 2 heterocycles. The van der Waals surface area contributed by atoms with Crippen molar-refractivity contribution in [2.24, 2.45) is 0 Å². The number of nitrogens with two attached hydrogens (primary N) is 1. The summed E-state index contributed by atoms with van der Waals surface area (Å²) in [5, 5.41) is 3.91. The summed E-state index contributed by atoms with van der Waals surface area (Å²) in [7, 11) is 0. The molecule has 0 saturated carbocycles. The monoisotopic (exact) mass is 162 g/mol. The lowest BCUT2D eigenvalue weighted by Crippen LogP contribution is -2.09. The highest BCUT2D eigenvalue weighted by molar-refractivity contribution is 5.75. The Kier molecular flexibility index (Phi) is 1.30. The minimum Gasteiger partial charge on any atom is -0.323 e. The van der Waals surface area contributed by atoms with Gasteiger partial charge in [-0.3, -0.25) is 0 Å². The molecule has 0 atom stereocenters. The number of hydrogen-bond donors (Lipinski definition) is 1. The molecular formula is C8H10N4. The largest absolute Gasteiger partial charge is 0.323 e. The smallest absolute Gasteiger partial charge is 0.111 e. The summed E-state index contributed by atoms with van der Waals surface area (Å²) in [6.45, 7) is 3.98. The third-order valence-corrected chi connectivity index (χ3v) is 2.03. The van der Waals surface area contributed by atoms with E-state index in [2.05, 4.69) is 10.1 Å². The van der Waals surface area contributed by atoms with Crippen molar-refractivity contribution < 1.29 is 0 Å². The van der Waals surface area contributed by atoms with Gasteiger partial charge in [0.2, 0.25) is 0 Å². The highest BCUT2D eigenvalue weighted by Gasteiger charge is 2.03. The molecule has 0 saturated heterocycles. The van der Waals surface area contributed by atoms with Crippen LogP contribution in [-0.4, -0.2) is 14.9 Å². The van der Waals surface area contributed by atoms with Gasteiger partial charge in [-0.2, -0.15) is 9.89 Å². The third-order valence-electron chi connectivity index (χ3n) is 2.03. The molecule has 2 rings (SSSR count). The van der Waals surface area contributed by atoms with E-state index in [0.29, 0.717) is 0 Å². The van der Waals surface area contributed by atoms with Crippen molar-refractivity contribution in [3.63, 3.8) is 0 Å². The van der Waals surface area contributed by atoms with Crippen molar-refractivity contribution >= 4 is 11.0 Å². The van der Waals surface area contributed by atoms with E-state index in [1.54, 1.807) is 6.20 Å². The number of nitrogen functional groups attached to an aromatic ring is 1. The molecule has 0 spiro atoms. The zero-order valence-corrected chi connectivity index (χ0v) is 7.07. The van der Waals surface area contributed by atoms with E-state index in [0.717, 1.165) is 22.3 Å². The van der Waals surface area contributed by atoms with Crippen LogP contribution in [0.2, 0.25) is 0 Å². The lowest BCUT2D eigenvalue weighted by Gasteiger charge is -1.98. The van der Waals surface area contributed by atoms with Crippen molar-refractivity contribution in [1.29, 1.82) is 0 Å². The molecule has 12 heavy (non-hydrogen) atoms. The Morgan fingerprint density at radius 3 is 2.92 bits per heavy atom. The zero-order valence-electron chi connectivity index (χ0n) is 7.07. The Morgan fingerprint density at radius 1 is 1.42 bits per heavy atom. The number of aromatic nitrogens is 3. The summed E-state index contributed by atoms with van der Waals surface area (Å²) in [5.41, 5.74) is 3.88. The minimum atomic E-state index is 0.848. The molecule has 0 aliphatic heterocycles. The molecule has 4 nitrogen and oxygen atoms in total. The molecular weight excluding hydrogens is 152 g/mol. The van der Waals surface area contributed by atoms with Crippen LogP contribution in [0.1, 0.15) is 11.3 Å². The Bertz CT molecular complexity index is 430. The first-order chi connectivity index (χ1) is 5.68. The molecule has 0 aliphatic carbocycles. The molecule has 2 aromatic heterocycles. The summed E-state index contributed by atoms with van der Waals surface area (Å²) in [4.78, 5) is 5.67. The first-order valence-corrected chi connectivity index (χ1v) is 3.75. The number of fused-ring (bicyclic) bond motifs is 1. The van der Waals surface area contributed by atoms with E-state index < -0.39 is 0 Å². The molecule has 4 heteroatoms. The average Bonchev–Trinajstić information content (AvgIpc) is 2.35. The van der Waals surface area contributed by atoms with Gasteiger partial charge in [-0.25, -0.2) is 4.98 Å². The Morgan fingerprint density at radius 2 is 2.17 bits per heavy atom. The van der Waals surface area contributed by atoms with Crippen molar-refractivity contribution in [1.82, 2.24) is 14.9 Å². The van der Waals surface area contributed by atoms with Gasteiger partial charge in [0, 0.05) is 5.69 Å². The second-order valence-corrected chi connectivity index (χ2v) is 2.88. The fourth-order valence-electron chi connectivity index (χ4n) is 1.17. The van der Waals surface area contributed by atoms with Gasteiger partial charge < -0.3 is 5.84 Å². The maximum atomic E-state index is 5.56. The lowest BCUT2D eigenvalue weighted by molar-refractivity contribution is 0.862. The molecule has 2 aromatic rings. The maximum absolute atomic E-state index is 5.56. The van der Waals surface area contributed by atoms with Crippen LogP contribution in [0.3, 0.4) is 0 Å². The topological polar surface area (TPSA) is 56.7 Å². The molecule has 62 valence electrons. The molecule has 0 radical (unpaired) electrons. The van der Waals surface area contributed by atoms with Gasteiger partial charge in [-0.1, -0.05) is 0 Å². The van der Waals surface area contributed by atoms with Crippen LogP contribution in [0, 0.1) is 13.8 Å². The Balaban J connectivity index is 2.87. The normalized spacial score (nSPS) is 10.8. The van der Waals surface area contributed by atoms with Crippen LogP contribution in [0.5, 0.6) is 0 Å². The van der Waals surface area contributed by atoms with Gasteiger partial charge in [0.15, 0.2) is 0 Å². The van der Waals surface area contributed by atoms with Gasteiger partial charge in [0.25, 0.3) is 0 Å². The number of rotatable bonds is 0. The van der Waals surface area contributed by atoms with E-state index in [4.69, 9.17) is 5.84 Å². The average molecular weight is 162 g/mol. The summed E-state index contributed by atoms with van der Waals surface area (Å²) in [6, 6.07) is 1.99. The van der Waals surface area contributed by atoms with Crippen LogP contribution in [-0.2, 0) is 0 Å². The van der Waals surface area contributed by atoms with Gasteiger partial charge in [0.1, 0.15) is 11.0 Å². The second-order valence-electron chi connectivity index (χ2n) is 2.88. The van der Waals surface area contributed by atoms with Crippen LogP contribution >= 0.6 is 0 Å². The van der Waals surface area contributed by atoms with E-state index >= 15 is 0 Å². The zero-order chi connectivity index (χ0) is 8.72. The van der Waals surface area contributed by atoms with Gasteiger partial charge in [0.05, 0.1) is 6.20 Å². The molecule has 2 N–H and O–H groups in total. The molecule has 0 aliphatic rings. The summed E-state index contributed by atoms with van der Waals surface area (Å²) >= 11 is 0. The number of nitrogens with zero attached hydrogens (tertiary/aromatic N) is 3. The van der Waals surface area contributed by atoms with Crippen molar-refractivity contribution in [2.45, 2.75) is 13.8 Å². The number of hydrogen-bond acceptors (Lipinski definition) is 3. The van der Waals surface area contributed by atoms with Gasteiger partial charge in [-0.15, -0.1) is 0 Å². The predicted molar refractivity (Wildman–Crippen MR) is 47.2 cm³/mol. The van der Waals surface area contributed by atoms with Crippen LogP contribution < -0.4 is 5.84 Å². The maximum Gasteiger partial charge on any atom is 0.111 e. The van der Waals surface area contributed by atoms with Crippen molar-refractivity contribution in [3.8, 4) is 0 Å². The molecule has 0 aromatic carbocycles. The molecule has 0 unspecified atom stereocenters. The first-order valence-electron chi connectivity index (χ1n) is 3.75. The van der Waals surface area contributed by atoms with Gasteiger partial charge >= 0.3 is 0 Å². The number of aryl methyl sites for hydroxylation is 2. The number of pyridine rings is 1. The highest BCUT2D eigenvalue weighted by atomic mass is 15.5. The van der Waals surface area contributed by atoms with E-state index in [1.165, 1.54) is 4.79 Å². The highest BCUT2D eigenvalue weighted by Crippen LogP contribution is 2.13. The molecule has 0 fully saturated rings. The van der Waals surface area contributed by atoms with Crippen LogP contribution in [0.15, 0.2) is 12.3 Å².